The topological polar surface area (TPSA) is 20.3 Å². The second kappa shape index (κ2) is 8.44. The van der Waals surface area contributed by atoms with E-state index in [0.717, 1.165) is 48.1 Å². The zero-order chi connectivity index (χ0) is 19.3. The van der Waals surface area contributed by atoms with Gasteiger partial charge in [0, 0.05) is 17.5 Å². The van der Waals surface area contributed by atoms with E-state index in [4.69, 9.17) is 0 Å². The first-order valence-corrected chi connectivity index (χ1v) is 10.1. The number of nitrogens with zero attached hydrogens (tertiary/aromatic N) is 1. The quantitative estimate of drug-likeness (QED) is 0.585. The van der Waals surface area contributed by atoms with Crippen LogP contribution < -0.4 is 4.90 Å². The van der Waals surface area contributed by atoms with Crippen molar-refractivity contribution in [1.29, 1.82) is 0 Å². The summed E-state index contributed by atoms with van der Waals surface area (Å²) >= 11 is 0. The van der Waals surface area contributed by atoms with Crippen molar-refractivity contribution in [2.24, 2.45) is 5.41 Å². The first-order valence-electron chi connectivity index (χ1n) is 10.1. The van der Waals surface area contributed by atoms with Crippen molar-refractivity contribution in [3.8, 4) is 11.8 Å². The summed E-state index contributed by atoms with van der Waals surface area (Å²) < 4.78 is 0. The van der Waals surface area contributed by atoms with Crippen molar-refractivity contribution in [2.45, 2.75) is 59.4 Å². The van der Waals surface area contributed by atoms with Crippen molar-refractivity contribution in [2.75, 3.05) is 4.90 Å². The molecule has 2 aromatic rings. The molecule has 0 spiro atoms. The predicted molar refractivity (Wildman–Crippen MR) is 113 cm³/mol. The van der Waals surface area contributed by atoms with Crippen LogP contribution in [0.15, 0.2) is 48.5 Å². The molecule has 0 N–H and O–H groups in total. The molecular formula is C25H29NO. The molecule has 0 fully saturated rings. The third kappa shape index (κ3) is 4.42. The summed E-state index contributed by atoms with van der Waals surface area (Å²) in [7, 11) is 0. The Morgan fingerprint density at radius 2 is 1.63 bits per heavy atom. The summed E-state index contributed by atoms with van der Waals surface area (Å²) in [5.41, 5.74) is 4.31. The Labute approximate surface area is 163 Å². The molecule has 2 heteroatoms. The molecule has 27 heavy (non-hydrogen) atoms. The van der Waals surface area contributed by atoms with Crippen molar-refractivity contribution in [3.05, 3.63) is 65.2 Å². The molecule has 3 rings (SSSR count). The van der Waals surface area contributed by atoms with Crippen LogP contribution in [0, 0.1) is 17.3 Å². The Balaban J connectivity index is 1.84. The second-order valence-corrected chi connectivity index (χ2v) is 7.78. The van der Waals surface area contributed by atoms with E-state index in [1.165, 1.54) is 0 Å². The summed E-state index contributed by atoms with van der Waals surface area (Å²) in [4.78, 5) is 15.1. The minimum Gasteiger partial charge on any atom is -0.307 e. The third-order valence-corrected chi connectivity index (χ3v) is 6.05. The number of anilines is 1. The van der Waals surface area contributed by atoms with Crippen LogP contribution in [0.25, 0.3) is 0 Å². The number of rotatable bonds is 6. The standard InChI is InChI=1S/C25H29NO/c1-4-25(3,5-2)18-10-15-24(27)26-19-22-13-7-6-11-20(22)16-17-21-12-8-9-14-23(21)26/h6-9,11-14H,4-5,10,15,18-19H2,1-3H3. The fourth-order valence-corrected chi connectivity index (χ4v) is 3.61. The number of para-hydroxylation sites is 1. The molecule has 0 bridgehead atoms. The highest BCUT2D eigenvalue weighted by Crippen LogP contribution is 2.32. The summed E-state index contributed by atoms with van der Waals surface area (Å²) in [6.45, 7) is 7.40. The number of fused-ring (bicyclic) bond motifs is 2. The molecule has 1 aliphatic heterocycles. The van der Waals surface area contributed by atoms with Crippen LogP contribution in [0.4, 0.5) is 5.69 Å². The Morgan fingerprint density at radius 1 is 1.00 bits per heavy atom. The van der Waals surface area contributed by atoms with E-state index in [1.807, 2.05) is 47.4 Å². The van der Waals surface area contributed by atoms with Gasteiger partial charge in [-0.3, -0.25) is 4.79 Å². The monoisotopic (exact) mass is 359 g/mol. The van der Waals surface area contributed by atoms with Crippen molar-refractivity contribution >= 4 is 11.6 Å². The van der Waals surface area contributed by atoms with Crippen LogP contribution >= 0.6 is 0 Å². The fraction of sp³-hybridized carbons (Fsp3) is 0.400. The lowest BCUT2D eigenvalue weighted by atomic mass is 9.80. The molecule has 2 aromatic carbocycles. The molecule has 0 saturated carbocycles. The molecule has 0 saturated heterocycles. The van der Waals surface area contributed by atoms with Gasteiger partial charge in [0.25, 0.3) is 0 Å². The van der Waals surface area contributed by atoms with Crippen LogP contribution in [-0.2, 0) is 11.3 Å². The molecule has 0 aliphatic carbocycles. The second-order valence-electron chi connectivity index (χ2n) is 7.78. The maximum atomic E-state index is 13.2. The van der Waals surface area contributed by atoms with Gasteiger partial charge in [0.2, 0.25) is 5.91 Å². The largest absolute Gasteiger partial charge is 0.307 e. The Bertz CT molecular complexity index is 867. The highest BCUT2D eigenvalue weighted by Gasteiger charge is 2.23. The fourth-order valence-electron chi connectivity index (χ4n) is 3.61. The van der Waals surface area contributed by atoms with Gasteiger partial charge in [-0.25, -0.2) is 0 Å². The molecule has 0 unspecified atom stereocenters. The smallest absolute Gasteiger partial charge is 0.227 e. The Morgan fingerprint density at radius 3 is 2.37 bits per heavy atom. The van der Waals surface area contributed by atoms with Crippen LogP contribution in [0.2, 0.25) is 0 Å². The minimum atomic E-state index is 0.190. The predicted octanol–water partition coefficient (Wildman–Crippen LogP) is 5.93. The number of carbonyl (C=O) groups excluding carboxylic acids is 1. The molecule has 1 aliphatic rings. The maximum Gasteiger partial charge on any atom is 0.227 e. The van der Waals surface area contributed by atoms with E-state index in [9.17, 15) is 4.79 Å². The molecule has 2 nitrogen and oxygen atoms in total. The number of amides is 1. The molecule has 1 amide bonds. The Kier molecular flexibility index (Phi) is 6.01. The van der Waals surface area contributed by atoms with Gasteiger partial charge in [0.05, 0.1) is 12.2 Å². The van der Waals surface area contributed by atoms with E-state index >= 15 is 0 Å². The van der Waals surface area contributed by atoms with Crippen molar-refractivity contribution < 1.29 is 4.79 Å². The number of hydrogen-bond donors (Lipinski definition) is 0. The third-order valence-electron chi connectivity index (χ3n) is 6.05. The van der Waals surface area contributed by atoms with E-state index in [2.05, 4.69) is 38.7 Å². The highest BCUT2D eigenvalue weighted by molar-refractivity contribution is 5.95. The highest BCUT2D eigenvalue weighted by atomic mass is 16.2. The van der Waals surface area contributed by atoms with Crippen LogP contribution in [-0.4, -0.2) is 5.91 Å². The molecule has 140 valence electrons. The summed E-state index contributed by atoms with van der Waals surface area (Å²) in [5.74, 6) is 6.72. The first-order chi connectivity index (χ1) is 13.1. The number of benzene rings is 2. The molecule has 0 atom stereocenters. The van der Waals surface area contributed by atoms with Crippen molar-refractivity contribution in [1.82, 2.24) is 0 Å². The van der Waals surface area contributed by atoms with Gasteiger partial charge in [0.1, 0.15) is 0 Å². The van der Waals surface area contributed by atoms with Crippen molar-refractivity contribution in [3.63, 3.8) is 0 Å². The minimum absolute atomic E-state index is 0.190. The first kappa shape index (κ1) is 19.2. The molecule has 0 radical (unpaired) electrons. The SMILES string of the molecule is CCC(C)(CC)CCCC(=O)N1Cc2ccccc2C#Cc2ccccc21. The summed E-state index contributed by atoms with van der Waals surface area (Å²) in [6, 6.07) is 16.1. The number of carbonyl (C=O) groups is 1. The normalized spacial score (nSPS) is 12.9. The average molecular weight is 360 g/mol. The van der Waals surface area contributed by atoms with Crippen LogP contribution in [0.1, 0.15) is 69.6 Å². The average Bonchev–Trinajstić information content (AvgIpc) is 2.69. The lowest BCUT2D eigenvalue weighted by molar-refractivity contribution is -0.119. The van der Waals surface area contributed by atoms with Gasteiger partial charge in [-0.05, 0) is 42.0 Å². The van der Waals surface area contributed by atoms with E-state index < -0.39 is 0 Å². The van der Waals surface area contributed by atoms with Crippen LogP contribution in [0.5, 0.6) is 0 Å². The molecule has 1 heterocycles. The zero-order valence-corrected chi connectivity index (χ0v) is 16.7. The molecular weight excluding hydrogens is 330 g/mol. The Hall–Kier alpha value is -2.53. The summed E-state index contributed by atoms with van der Waals surface area (Å²) in [6.07, 6.45) is 4.93. The van der Waals surface area contributed by atoms with Gasteiger partial charge in [-0.2, -0.15) is 0 Å². The van der Waals surface area contributed by atoms with Gasteiger partial charge in [0.15, 0.2) is 0 Å². The van der Waals surface area contributed by atoms with E-state index in [1.54, 1.807) is 0 Å². The van der Waals surface area contributed by atoms with Crippen LogP contribution in [0.3, 0.4) is 0 Å². The van der Waals surface area contributed by atoms with E-state index in [0.29, 0.717) is 18.4 Å². The van der Waals surface area contributed by atoms with Gasteiger partial charge < -0.3 is 4.90 Å². The van der Waals surface area contributed by atoms with Gasteiger partial charge >= 0.3 is 0 Å². The molecule has 0 aromatic heterocycles. The lowest BCUT2D eigenvalue weighted by Gasteiger charge is -2.28. The lowest BCUT2D eigenvalue weighted by Crippen LogP contribution is -2.32. The number of hydrogen-bond acceptors (Lipinski definition) is 1. The van der Waals surface area contributed by atoms with Gasteiger partial charge in [-0.1, -0.05) is 75.8 Å². The van der Waals surface area contributed by atoms with Gasteiger partial charge in [-0.15, -0.1) is 0 Å². The maximum absolute atomic E-state index is 13.2. The van der Waals surface area contributed by atoms with E-state index in [-0.39, 0.29) is 5.91 Å². The summed E-state index contributed by atoms with van der Waals surface area (Å²) in [5, 5.41) is 0. The zero-order valence-electron chi connectivity index (χ0n) is 16.7.